The lowest BCUT2D eigenvalue weighted by Crippen LogP contribution is -2.26. The van der Waals surface area contributed by atoms with Crippen molar-refractivity contribution in [1.29, 1.82) is 5.26 Å². The Morgan fingerprint density at radius 1 is 1.23 bits per heavy atom. The van der Waals surface area contributed by atoms with E-state index in [1.54, 1.807) is 10.6 Å². The zero-order valence-corrected chi connectivity index (χ0v) is 13.2. The molecule has 22 heavy (non-hydrogen) atoms. The summed E-state index contributed by atoms with van der Waals surface area (Å²) in [6.07, 6.45) is 0.124. The molecule has 0 aliphatic rings. The Morgan fingerprint density at radius 3 is 2.59 bits per heavy atom. The van der Waals surface area contributed by atoms with E-state index in [1.165, 1.54) is 0 Å². The van der Waals surface area contributed by atoms with Gasteiger partial charge in [-0.15, -0.1) is 0 Å². The molecule has 4 nitrogen and oxygen atoms in total. The third-order valence-electron chi connectivity index (χ3n) is 3.44. The van der Waals surface area contributed by atoms with E-state index in [0.717, 1.165) is 17.0 Å². The van der Waals surface area contributed by atoms with Crippen LogP contribution in [0.4, 0.5) is 0 Å². The quantitative estimate of drug-likeness (QED) is 0.847. The van der Waals surface area contributed by atoms with Gasteiger partial charge in [0.15, 0.2) is 0 Å². The molecular weight excluding hydrogens is 276 g/mol. The van der Waals surface area contributed by atoms with Crippen molar-refractivity contribution in [1.82, 2.24) is 4.57 Å². The molecule has 1 aromatic carbocycles. The number of nitriles is 1. The van der Waals surface area contributed by atoms with Gasteiger partial charge in [-0.1, -0.05) is 18.2 Å². The van der Waals surface area contributed by atoms with Gasteiger partial charge in [-0.3, -0.25) is 4.79 Å². The van der Waals surface area contributed by atoms with Crippen LogP contribution in [-0.2, 0) is 6.42 Å². The fourth-order valence-corrected chi connectivity index (χ4v) is 2.51. The summed E-state index contributed by atoms with van der Waals surface area (Å²) in [4.78, 5) is 12.6. The average Bonchev–Trinajstić information content (AvgIpc) is 2.50. The highest BCUT2D eigenvalue weighted by atomic mass is 16.5. The van der Waals surface area contributed by atoms with E-state index in [9.17, 15) is 4.79 Å². The Kier molecular flexibility index (Phi) is 5.00. The van der Waals surface area contributed by atoms with Crippen molar-refractivity contribution in [2.45, 2.75) is 33.2 Å². The van der Waals surface area contributed by atoms with Crippen LogP contribution < -0.4 is 10.3 Å². The number of pyridine rings is 1. The number of rotatable bonds is 5. The summed E-state index contributed by atoms with van der Waals surface area (Å²) >= 11 is 0. The zero-order valence-electron chi connectivity index (χ0n) is 13.2. The minimum atomic E-state index is -0.111. The number of nitrogens with zero attached hydrogens (tertiary/aromatic N) is 2. The molecule has 0 radical (unpaired) electrons. The predicted molar refractivity (Wildman–Crippen MR) is 87.0 cm³/mol. The lowest BCUT2D eigenvalue weighted by molar-refractivity contribution is 0.341. The average molecular weight is 296 g/mol. The second-order valence-corrected chi connectivity index (χ2v) is 5.28. The van der Waals surface area contributed by atoms with Crippen molar-refractivity contribution in [3.05, 3.63) is 52.3 Å². The number of hydrogen-bond acceptors (Lipinski definition) is 3. The maximum atomic E-state index is 12.6. The molecule has 0 aliphatic carbocycles. The summed E-state index contributed by atoms with van der Waals surface area (Å²) in [5.41, 5.74) is 2.11. The maximum absolute atomic E-state index is 12.6. The van der Waals surface area contributed by atoms with Crippen LogP contribution >= 0.6 is 0 Å². The highest BCUT2D eigenvalue weighted by Crippen LogP contribution is 2.30. The number of benzene rings is 1. The number of para-hydroxylation sites is 1. The molecule has 0 N–H and O–H groups in total. The number of hydrogen-bond donors (Lipinski definition) is 0. The molecule has 0 spiro atoms. The Morgan fingerprint density at radius 2 is 1.95 bits per heavy atom. The van der Waals surface area contributed by atoms with E-state index in [4.69, 9.17) is 10.00 Å². The van der Waals surface area contributed by atoms with Gasteiger partial charge in [0.05, 0.1) is 24.8 Å². The molecule has 2 rings (SSSR count). The Hall–Kier alpha value is -2.54. The first-order valence-corrected chi connectivity index (χ1v) is 7.43. The smallest absolute Gasteiger partial charge is 0.255 e. The van der Waals surface area contributed by atoms with Gasteiger partial charge in [-0.25, -0.2) is 0 Å². The molecule has 0 saturated heterocycles. The Labute approximate surface area is 130 Å². The summed E-state index contributed by atoms with van der Waals surface area (Å²) in [5, 5.41) is 8.86. The van der Waals surface area contributed by atoms with Gasteiger partial charge in [-0.2, -0.15) is 5.26 Å². The van der Waals surface area contributed by atoms with Crippen molar-refractivity contribution >= 4 is 0 Å². The van der Waals surface area contributed by atoms with Gasteiger partial charge >= 0.3 is 0 Å². The van der Waals surface area contributed by atoms with Gasteiger partial charge in [-0.05, 0) is 39.0 Å². The zero-order chi connectivity index (χ0) is 16.1. The largest absolute Gasteiger partial charge is 0.493 e. The lowest BCUT2D eigenvalue weighted by atomic mass is 10.1. The molecule has 2 aromatic rings. The molecule has 0 fully saturated rings. The van der Waals surface area contributed by atoms with E-state index in [1.807, 2.05) is 57.2 Å². The van der Waals surface area contributed by atoms with E-state index in [0.29, 0.717) is 12.2 Å². The summed E-state index contributed by atoms with van der Waals surface area (Å²) in [6.45, 7) is 6.42. The number of aromatic nitrogens is 1. The molecule has 0 bridgehead atoms. The van der Waals surface area contributed by atoms with Crippen molar-refractivity contribution in [2.75, 3.05) is 6.61 Å². The lowest BCUT2D eigenvalue weighted by Gasteiger charge is -2.19. The van der Waals surface area contributed by atoms with Crippen LogP contribution in [0.25, 0.3) is 11.3 Å². The second kappa shape index (κ2) is 6.95. The molecule has 0 amide bonds. The molecule has 0 atom stereocenters. The van der Waals surface area contributed by atoms with Crippen molar-refractivity contribution in [2.24, 2.45) is 0 Å². The summed E-state index contributed by atoms with van der Waals surface area (Å²) in [5.74, 6) is 0.756. The van der Waals surface area contributed by atoms with Crippen LogP contribution in [0.3, 0.4) is 0 Å². The summed E-state index contributed by atoms with van der Waals surface area (Å²) < 4.78 is 7.40. The monoisotopic (exact) mass is 296 g/mol. The van der Waals surface area contributed by atoms with Crippen LogP contribution in [0.15, 0.2) is 41.2 Å². The van der Waals surface area contributed by atoms with Gasteiger partial charge in [0.1, 0.15) is 5.75 Å². The van der Waals surface area contributed by atoms with E-state index < -0.39 is 0 Å². The molecule has 0 saturated carbocycles. The SMILES string of the molecule is CCOc1ccccc1-c1ccc(CC#N)c(=O)n1C(C)C. The van der Waals surface area contributed by atoms with Gasteiger partial charge in [0, 0.05) is 17.2 Å². The highest BCUT2D eigenvalue weighted by Gasteiger charge is 2.15. The highest BCUT2D eigenvalue weighted by molar-refractivity contribution is 5.67. The van der Waals surface area contributed by atoms with Crippen LogP contribution in [-0.4, -0.2) is 11.2 Å². The van der Waals surface area contributed by atoms with Crippen LogP contribution in [0.2, 0.25) is 0 Å². The van der Waals surface area contributed by atoms with E-state index in [-0.39, 0.29) is 18.0 Å². The van der Waals surface area contributed by atoms with Crippen LogP contribution in [0.5, 0.6) is 5.75 Å². The molecule has 4 heteroatoms. The third kappa shape index (κ3) is 3.04. The Balaban J connectivity index is 2.69. The number of ether oxygens (including phenoxy) is 1. The van der Waals surface area contributed by atoms with Crippen LogP contribution in [0, 0.1) is 11.3 Å². The van der Waals surface area contributed by atoms with Gasteiger partial charge < -0.3 is 9.30 Å². The van der Waals surface area contributed by atoms with E-state index in [2.05, 4.69) is 0 Å². The van der Waals surface area contributed by atoms with Crippen molar-refractivity contribution in [3.8, 4) is 23.1 Å². The molecule has 1 heterocycles. The third-order valence-corrected chi connectivity index (χ3v) is 3.44. The maximum Gasteiger partial charge on any atom is 0.255 e. The summed E-state index contributed by atoms with van der Waals surface area (Å²) in [6, 6.07) is 13.4. The van der Waals surface area contributed by atoms with Crippen molar-refractivity contribution < 1.29 is 4.74 Å². The first-order valence-electron chi connectivity index (χ1n) is 7.43. The van der Waals surface area contributed by atoms with Gasteiger partial charge in [0.25, 0.3) is 5.56 Å². The fourth-order valence-electron chi connectivity index (χ4n) is 2.51. The standard InChI is InChI=1S/C18H20N2O2/c1-4-22-17-8-6-5-7-15(17)16-10-9-14(11-12-19)18(21)20(16)13(2)3/h5-10,13H,4,11H2,1-3H3. The normalized spacial score (nSPS) is 10.5. The first-order chi connectivity index (χ1) is 10.6. The van der Waals surface area contributed by atoms with E-state index >= 15 is 0 Å². The molecular formula is C18H20N2O2. The minimum Gasteiger partial charge on any atom is -0.493 e. The Bertz CT molecular complexity index is 754. The summed E-state index contributed by atoms with van der Waals surface area (Å²) in [7, 11) is 0. The second-order valence-electron chi connectivity index (χ2n) is 5.28. The molecule has 114 valence electrons. The van der Waals surface area contributed by atoms with Crippen molar-refractivity contribution in [3.63, 3.8) is 0 Å². The fraction of sp³-hybridized carbons (Fsp3) is 0.333. The predicted octanol–water partition coefficient (Wildman–Crippen LogP) is 3.56. The molecule has 0 unspecified atom stereocenters. The molecule has 1 aromatic heterocycles. The van der Waals surface area contributed by atoms with Crippen LogP contribution in [0.1, 0.15) is 32.4 Å². The van der Waals surface area contributed by atoms with Gasteiger partial charge in [0.2, 0.25) is 0 Å². The topological polar surface area (TPSA) is 55.0 Å². The minimum absolute atomic E-state index is 0.00387. The molecule has 0 aliphatic heterocycles. The first kappa shape index (κ1) is 15.8.